The molecule has 4 heteroatoms. The fourth-order valence-electron chi connectivity index (χ4n) is 1.60. The van der Waals surface area contributed by atoms with E-state index in [1.165, 1.54) is 12.1 Å². The number of nitrogens with zero attached hydrogens (tertiary/aromatic N) is 1. The van der Waals surface area contributed by atoms with Gasteiger partial charge in [-0.2, -0.15) is 0 Å². The van der Waals surface area contributed by atoms with Crippen LogP contribution in [-0.2, 0) is 0 Å². The molecule has 0 radical (unpaired) electrons. The molecular weight excluding hydrogens is 239 g/mol. The van der Waals surface area contributed by atoms with Crippen LogP contribution in [0.2, 0.25) is 5.02 Å². The predicted octanol–water partition coefficient (Wildman–Crippen LogP) is 3.83. The van der Waals surface area contributed by atoms with E-state index in [9.17, 15) is 4.39 Å². The second kappa shape index (κ2) is 4.63. The number of anilines is 3. The number of rotatable bonds is 2. The van der Waals surface area contributed by atoms with Gasteiger partial charge in [0.05, 0.1) is 10.7 Å². The third-order valence-electron chi connectivity index (χ3n) is 2.55. The van der Waals surface area contributed by atoms with Crippen LogP contribution in [0, 0.1) is 5.82 Å². The quantitative estimate of drug-likeness (QED) is 0.821. The first-order chi connectivity index (χ1) is 8.08. The molecule has 0 unspecified atom stereocenters. The van der Waals surface area contributed by atoms with Crippen molar-refractivity contribution in [3.8, 4) is 0 Å². The Hall–Kier alpha value is -1.74. The van der Waals surface area contributed by atoms with Gasteiger partial charge in [-0.25, -0.2) is 4.39 Å². The smallest absolute Gasteiger partial charge is 0.123 e. The van der Waals surface area contributed by atoms with Gasteiger partial charge < -0.3 is 10.6 Å². The minimum Gasteiger partial charge on any atom is -0.399 e. The molecule has 88 valence electrons. The Labute approximate surface area is 104 Å². The molecule has 0 amide bonds. The summed E-state index contributed by atoms with van der Waals surface area (Å²) in [4.78, 5) is 1.88. The van der Waals surface area contributed by atoms with Gasteiger partial charge in [0.1, 0.15) is 5.82 Å². The predicted molar refractivity (Wildman–Crippen MR) is 70.3 cm³/mol. The van der Waals surface area contributed by atoms with E-state index in [0.717, 1.165) is 11.4 Å². The summed E-state index contributed by atoms with van der Waals surface area (Å²) in [6, 6.07) is 11.5. The minimum absolute atomic E-state index is 0.259. The first kappa shape index (κ1) is 11.7. The van der Waals surface area contributed by atoms with Gasteiger partial charge in [-0.1, -0.05) is 11.6 Å². The summed E-state index contributed by atoms with van der Waals surface area (Å²) in [5, 5.41) is 0.567. The van der Waals surface area contributed by atoms with E-state index >= 15 is 0 Å². The van der Waals surface area contributed by atoms with Gasteiger partial charge in [0.15, 0.2) is 0 Å². The number of hydrogen-bond donors (Lipinski definition) is 1. The fourth-order valence-corrected chi connectivity index (χ4v) is 1.91. The van der Waals surface area contributed by atoms with E-state index in [1.807, 2.05) is 18.0 Å². The maximum Gasteiger partial charge on any atom is 0.123 e. The number of nitrogen functional groups attached to an aromatic ring is 1. The second-order valence-electron chi connectivity index (χ2n) is 3.75. The van der Waals surface area contributed by atoms with Crippen molar-refractivity contribution in [2.24, 2.45) is 0 Å². The number of hydrogen-bond acceptors (Lipinski definition) is 2. The van der Waals surface area contributed by atoms with Gasteiger partial charge >= 0.3 is 0 Å². The van der Waals surface area contributed by atoms with Crippen LogP contribution < -0.4 is 10.6 Å². The van der Waals surface area contributed by atoms with Crippen molar-refractivity contribution in [1.82, 2.24) is 0 Å². The SMILES string of the molecule is CN(c1ccc(F)cc1)c1ccc(N)cc1Cl. The maximum absolute atomic E-state index is 12.8. The highest BCUT2D eigenvalue weighted by molar-refractivity contribution is 6.33. The molecule has 0 aliphatic heterocycles. The molecule has 0 atom stereocenters. The molecule has 17 heavy (non-hydrogen) atoms. The van der Waals surface area contributed by atoms with E-state index in [1.54, 1.807) is 24.3 Å². The molecule has 0 heterocycles. The average Bonchev–Trinajstić information content (AvgIpc) is 2.29. The first-order valence-electron chi connectivity index (χ1n) is 5.12. The average molecular weight is 251 g/mol. The van der Waals surface area contributed by atoms with Gasteiger partial charge in [-0.05, 0) is 42.5 Å². The van der Waals surface area contributed by atoms with Crippen molar-refractivity contribution in [3.05, 3.63) is 53.3 Å². The Bertz CT molecular complexity index is 525. The van der Waals surface area contributed by atoms with Gasteiger partial charge in [-0.15, -0.1) is 0 Å². The number of halogens is 2. The standard InChI is InChI=1S/C13H12ClFN2/c1-17(11-5-2-9(15)3-6-11)13-7-4-10(16)8-12(13)14/h2-8H,16H2,1H3. The molecular formula is C13H12ClFN2. The van der Waals surface area contributed by atoms with Crippen LogP contribution >= 0.6 is 11.6 Å². The van der Waals surface area contributed by atoms with E-state index in [2.05, 4.69) is 0 Å². The molecule has 0 aliphatic carbocycles. The van der Waals surface area contributed by atoms with Crippen molar-refractivity contribution < 1.29 is 4.39 Å². The zero-order valence-corrected chi connectivity index (χ0v) is 10.1. The van der Waals surface area contributed by atoms with E-state index in [0.29, 0.717) is 10.7 Å². The largest absolute Gasteiger partial charge is 0.399 e. The molecule has 0 bridgehead atoms. The second-order valence-corrected chi connectivity index (χ2v) is 4.15. The Balaban J connectivity index is 2.36. The fraction of sp³-hybridized carbons (Fsp3) is 0.0769. The van der Waals surface area contributed by atoms with Crippen LogP contribution in [0.15, 0.2) is 42.5 Å². The Morgan fingerprint density at radius 1 is 1.12 bits per heavy atom. The van der Waals surface area contributed by atoms with Crippen molar-refractivity contribution in [1.29, 1.82) is 0 Å². The van der Waals surface area contributed by atoms with Crippen LogP contribution in [0.3, 0.4) is 0 Å². The molecule has 0 saturated heterocycles. The lowest BCUT2D eigenvalue weighted by molar-refractivity contribution is 0.628. The maximum atomic E-state index is 12.8. The van der Waals surface area contributed by atoms with Gasteiger partial charge in [0.2, 0.25) is 0 Å². The molecule has 2 rings (SSSR count). The summed E-state index contributed by atoms with van der Waals surface area (Å²) in [7, 11) is 1.87. The molecule has 0 aromatic heterocycles. The van der Waals surface area contributed by atoms with Crippen LogP contribution in [-0.4, -0.2) is 7.05 Å². The molecule has 0 fully saturated rings. The van der Waals surface area contributed by atoms with Gasteiger partial charge in [-0.3, -0.25) is 0 Å². The lowest BCUT2D eigenvalue weighted by atomic mass is 10.2. The molecule has 2 aromatic carbocycles. The Kier molecular flexibility index (Phi) is 3.20. The molecule has 2 N–H and O–H groups in total. The minimum atomic E-state index is -0.259. The topological polar surface area (TPSA) is 29.3 Å². The zero-order chi connectivity index (χ0) is 12.4. The zero-order valence-electron chi connectivity index (χ0n) is 9.32. The lowest BCUT2D eigenvalue weighted by Gasteiger charge is -2.20. The summed E-state index contributed by atoms with van der Waals surface area (Å²) in [5.74, 6) is -0.259. The summed E-state index contributed by atoms with van der Waals surface area (Å²) < 4.78 is 12.8. The van der Waals surface area contributed by atoms with Crippen molar-refractivity contribution in [2.45, 2.75) is 0 Å². The van der Waals surface area contributed by atoms with Crippen molar-refractivity contribution in [3.63, 3.8) is 0 Å². The molecule has 0 saturated carbocycles. The first-order valence-corrected chi connectivity index (χ1v) is 5.50. The monoisotopic (exact) mass is 250 g/mol. The van der Waals surface area contributed by atoms with Crippen LogP contribution in [0.1, 0.15) is 0 Å². The number of benzene rings is 2. The van der Waals surface area contributed by atoms with Gasteiger partial charge in [0, 0.05) is 18.4 Å². The summed E-state index contributed by atoms with van der Waals surface area (Å²) in [5.41, 5.74) is 7.94. The van der Waals surface area contributed by atoms with E-state index in [-0.39, 0.29) is 5.82 Å². The Morgan fingerprint density at radius 3 is 2.35 bits per heavy atom. The summed E-state index contributed by atoms with van der Waals surface area (Å²) >= 11 is 6.11. The van der Waals surface area contributed by atoms with Crippen LogP contribution in [0.4, 0.5) is 21.5 Å². The summed E-state index contributed by atoms with van der Waals surface area (Å²) in [6.45, 7) is 0. The van der Waals surface area contributed by atoms with E-state index in [4.69, 9.17) is 17.3 Å². The molecule has 0 aliphatic rings. The highest BCUT2D eigenvalue weighted by Gasteiger charge is 2.08. The third kappa shape index (κ3) is 2.50. The van der Waals surface area contributed by atoms with Crippen molar-refractivity contribution >= 4 is 28.7 Å². The molecule has 2 nitrogen and oxygen atoms in total. The molecule has 0 spiro atoms. The molecule has 2 aromatic rings. The van der Waals surface area contributed by atoms with E-state index < -0.39 is 0 Å². The third-order valence-corrected chi connectivity index (χ3v) is 2.85. The number of nitrogens with two attached hydrogens (primary N) is 1. The normalized spacial score (nSPS) is 10.3. The van der Waals surface area contributed by atoms with Crippen molar-refractivity contribution in [2.75, 3.05) is 17.7 Å². The van der Waals surface area contributed by atoms with Crippen LogP contribution in [0.25, 0.3) is 0 Å². The highest BCUT2D eigenvalue weighted by Crippen LogP contribution is 2.31. The van der Waals surface area contributed by atoms with Gasteiger partial charge in [0.25, 0.3) is 0 Å². The highest BCUT2D eigenvalue weighted by atomic mass is 35.5. The summed E-state index contributed by atoms with van der Waals surface area (Å²) in [6.07, 6.45) is 0. The van der Waals surface area contributed by atoms with Crippen LogP contribution in [0.5, 0.6) is 0 Å². The lowest BCUT2D eigenvalue weighted by Crippen LogP contribution is -2.10. The Morgan fingerprint density at radius 2 is 1.76 bits per heavy atom.